The molecule has 1 rings (SSSR count). The van der Waals surface area contributed by atoms with Crippen LogP contribution in [0, 0.1) is 23.7 Å². The standard InChI is InChI=1S/C13H23N/c1-3-5-6-7-13(14)12-9-8-11(4-2)10-12/h11-13H,4,6-10,14H2,1-2H3. The Labute approximate surface area is 88.5 Å². The summed E-state index contributed by atoms with van der Waals surface area (Å²) in [5, 5.41) is 0. The summed E-state index contributed by atoms with van der Waals surface area (Å²) in [7, 11) is 0. The minimum Gasteiger partial charge on any atom is -0.327 e. The van der Waals surface area contributed by atoms with Gasteiger partial charge in [0.25, 0.3) is 0 Å². The summed E-state index contributed by atoms with van der Waals surface area (Å²) in [6.45, 7) is 4.19. The van der Waals surface area contributed by atoms with E-state index in [1.54, 1.807) is 0 Å². The Balaban J connectivity index is 2.23. The molecular formula is C13H23N. The van der Waals surface area contributed by atoms with E-state index in [4.69, 9.17) is 5.73 Å². The number of nitrogens with two attached hydrogens (primary N) is 1. The molecule has 1 nitrogen and oxygen atoms in total. The van der Waals surface area contributed by atoms with Crippen LogP contribution in [0.2, 0.25) is 0 Å². The first kappa shape index (κ1) is 11.6. The lowest BCUT2D eigenvalue weighted by atomic mass is 9.93. The third kappa shape index (κ3) is 3.35. The van der Waals surface area contributed by atoms with E-state index in [1.165, 1.54) is 25.7 Å². The van der Waals surface area contributed by atoms with Gasteiger partial charge in [-0.3, -0.25) is 0 Å². The van der Waals surface area contributed by atoms with E-state index in [0.717, 1.165) is 24.7 Å². The van der Waals surface area contributed by atoms with Gasteiger partial charge < -0.3 is 5.73 Å². The van der Waals surface area contributed by atoms with Crippen molar-refractivity contribution in [2.75, 3.05) is 0 Å². The predicted octanol–water partition coefficient (Wildman–Crippen LogP) is 2.94. The minimum atomic E-state index is 0.396. The Kier molecular flexibility index (Phi) is 5.04. The van der Waals surface area contributed by atoms with Gasteiger partial charge in [0.15, 0.2) is 0 Å². The minimum absolute atomic E-state index is 0.396. The zero-order chi connectivity index (χ0) is 10.4. The van der Waals surface area contributed by atoms with E-state index in [0.29, 0.717) is 6.04 Å². The second kappa shape index (κ2) is 6.09. The summed E-state index contributed by atoms with van der Waals surface area (Å²) in [4.78, 5) is 0. The van der Waals surface area contributed by atoms with Crippen LogP contribution in [0.25, 0.3) is 0 Å². The van der Waals surface area contributed by atoms with Crippen molar-refractivity contribution in [1.82, 2.24) is 0 Å². The Morgan fingerprint density at radius 3 is 2.79 bits per heavy atom. The van der Waals surface area contributed by atoms with E-state index < -0.39 is 0 Å². The van der Waals surface area contributed by atoms with Gasteiger partial charge in [-0.05, 0) is 38.0 Å². The predicted molar refractivity (Wildman–Crippen MR) is 61.8 cm³/mol. The molecule has 80 valence electrons. The van der Waals surface area contributed by atoms with Crippen LogP contribution in [0.5, 0.6) is 0 Å². The molecule has 0 heterocycles. The van der Waals surface area contributed by atoms with Crippen LogP contribution < -0.4 is 5.73 Å². The van der Waals surface area contributed by atoms with E-state index >= 15 is 0 Å². The second-order valence-corrected chi connectivity index (χ2v) is 4.48. The highest BCUT2D eigenvalue weighted by Crippen LogP contribution is 2.35. The van der Waals surface area contributed by atoms with Crippen molar-refractivity contribution in [1.29, 1.82) is 0 Å². The highest BCUT2D eigenvalue weighted by molar-refractivity contribution is 4.96. The van der Waals surface area contributed by atoms with Crippen molar-refractivity contribution in [3.8, 4) is 11.8 Å². The summed E-state index contributed by atoms with van der Waals surface area (Å²) in [5.74, 6) is 7.75. The molecule has 0 bridgehead atoms. The molecule has 3 unspecified atom stereocenters. The highest BCUT2D eigenvalue weighted by atomic mass is 14.7. The van der Waals surface area contributed by atoms with E-state index in [-0.39, 0.29) is 0 Å². The summed E-state index contributed by atoms with van der Waals surface area (Å²) in [6, 6.07) is 0.396. The highest BCUT2D eigenvalue weighted by Gasteiger charge is 2.27. The monoisotopic (exact) mass is 193 g/mol. The molecule has 0 saturated heterocycles. The SMILES string of the molecule is CC#CCCC(N)C1CCC(CC)C1. The molecule has 14 heavy (non-hydrogen) atoms. The second-order valence-electron chi connectivity index (χ2n) is 4.48. The van der Waals surface area contributed by atoms with Crippen molar-refractivity contribution in [3.63, 3.8) is 0 Å². The zero-order valence-electron chi connectivity index (χ0n) is 9.55. The lowest BCUT2D eigenvalue weighted by molar-refractivity contribution is 0.393. The van der Waals surface area contributed by atoms with Gasteiger partial charge in [-0.1, -0.05) is 19.8 Å². The maximum atomic E-state index is 6.17. The van der Waals surface area contributed by atoms with Gasteiger partial charge in [0.2, 0.25) is 0 Å². The third-order valence-electron chi connectivity index (χ3n) is 3.54. The van der Waals surface area contributed by atoms with Gasteiger partial charge in [0, 0.05) is 12.5 Å². The van der Waals surface area contributed by atoms with Gasteiger partial charge >= 0.3 is 0 Å². The van der Waals surface area contributed by atoms with Crippen molar-refractivity contribution >= 4 is 0 Å². The van der Waals surface area contributed by atoms with Gasteiger partial charge in [0.05, 0.1) is 0 Å². The molecule has 1 fully saturated rings. The molecule has 0 aromatic carbocycles. The fourth-order valence-corrected chi connectivity index (χ4v) is 2.47. The van der Waals surface area contributed by atoms with Crippen molar-refractivity contribution in [2.24, 2.45) is 17.6 Å². The molecule has 1 aliphatic carbocycles. The third-order valence-corrected chi connectivity index (χ3v) is 3.54. The lowest BCUT2D eigenvalue weighted by Crippen LogP contribution is -2.28. The molecule has 1 saturated carbocycles. The largest absolute Gasteiger partial charge is 0.327 e. The maximum absolute atomic E-state index is 6.17. The van der Waals surface area contributed by atoms with Crippen LogP contribution in [0.1, 0.15) is 52.4 Å². The number of hydrogen-bond donors (Lipinski definition) is 1. The van der Waals surface area contributed by atoms with Gasteiger partial charge in [0.1, 0.15) is 0 Å². The Hall–Kier alpha value is -0.480. The summed E-state index contributed by atoms with van der Waals surface area (Å²) in [6.07, 6.45) is 7.50. The molecule has 3 atom stereocenters. The molecule has 0 aromatic heterocycles. The van der Waals surface area contributed by atoms with Crippen LogP contribution in [0.4, 0.5) is 0 Å². The first-order chi connectivity index (χ1) is 6.77. The zero-order valence-corrected chi connectivity index (χ0v) is 9.55. The van der Waals surface area contributed by atoms with Crippen molar-refractivity contribution in [2.45, 2.75) is 58.4 Å². The number of hydrogen-bond acceptors (Lipinski definition) is 1. The van der Waals surface area contributed by atoms with Crippen LogP contribution in [0.3, 0.4) is 0 Å². The number of rotatable bonds is 4. The normalized spacial score (nSPS) is 28.2. The molecule has 0 aromatic rings. The Morgan fingerprint density at radius 2 is 2.21 bits per heavy atom. The molecule has 0 radical (unpaired) electrons. The molecule has 0 amide bonds. The van der Waals surface area contributed by atoms with Crippen LogP contribution in [0.15, 0.2) is 0 Å². The molecular weight excluding hydrogens is 170 g/mol. The van der Waals surface area contributed by atoms with Crippen LogP contribution in [-0.4, -0.2) is 6.04 Å². The average Bonchev–Trinajstić information content (AvgIpc) is 2.66. The van der Waals surface area contributed by atoms with Crippen LogP contribution >= 0.6 is 0 Å². The molecule has 0 spiro atoms. The van der Waals surface area contributed by atoms with Gasteiger partial charge in [-0.15, -0.1) is 11.8 Å². The molecule has 0 aliphatic heterocycles. The summed E-state index contributed by atoms with van der Waals surface area (Å²) < 4.78 is 0. The Bertz CT molecular complexity index is 211. The topological polar surface area (TPSA) is 26.0 Å². The molecule has 1 aliphatic rings. The first-order valence-electron chi connectivity index (χ1n) is 5.93. The fourth-order valence-electron chi connectivity index (χ4n) is 2.47. The maximum Gasteiger partial charge on any atom is 0.0103 e. The van der Waals surface area contributed by atoms with Crippen molar-refractivity contribution in [3.05, 3.63) is 0 Å². The van der Waals surface area contributed by atoms with Gasteiger partial charge in [-0.25, -0.2) is 0 Å². The summed E-state index contributed by atoms with van der Waals surface area (Å²) >= 11 is 0. The molecule has 2 N–H and O–H groups in total. The Morgan fingerprint density at radius 1 is 1.43 bits per heavy atom. The van der Waals surface area contributed by atoms with Gasteiger partial charge in [-0.2, -0.15) is 0 Å². The van der Waals surface area contributed by atoms with E-state index in [9.17, 15) is 0 Å². The smallest absolute Gasteiger partial charge is 0.0103 e. The lowest BCUT2D eigenvalue weighted by Gasteiger charge is -2.18. The van der Waals surface area contributed by atoms with Crippen LogP contribution in [-0.2, 0) is 0 Å². The fraction of sp³-hybridized carbons (Fsp3) is 0.846. The average molecular weight is 193 g/mol. The van der Waals surface area contributed by atoms with E-state index in [2.05, 4.69) is 18.8 Å². The quantitative estimate of drug-likeness (QED) is 0.683. The first-order valence-corrected chi connectivity index (χ1v) is 5.93. The van der Waals surface area contributed by atoms with Crippen molar-refractivity contribution < 1.29 is 0 Å². The van der Waals surface area contributed by atoms with E-state index in [1.807, 2.05) is 6.92 Å². The summed E-state index contributed by atoms with van der Waals surface area (Å²) in [5.41, 5.74) is 6.17. The molecule has 1 heteroatoms.